The largest absolute Gasteiger partial charge is 0.612 e. The van der Waals surface area contributed by atoms with E-state index in [1.165, 1.54) is 35.7 Å². The maximum atomic E-state index is 12.9. The molecule has 2 aromatic carbocycles. The zero-order chi connectivity index (χ0) is 23.7. The number of esters is 2. The lowest BCUT2D eigenvalue weighted by Crippen LogP contribution is -2.49. The average Bonchev–Trinajstić information content (AvgIpc) is 3.06. The van der Waals surface area contributed by atoms with Crippen molar-refractivity contribution < 1.29 is 33.1 Å². The summed E-state index contributed by atoms with van der Waals surface area (Å²) < 4.78 is 27.9. The number of hydrogen-bond donors (Lipinski definition) is 0. The monoisotopic (exact) mass is 507 g/mol. The third-order valence-electron chi connectivity index (χ3n) is 4.77. The zero-order valence-corrected chi connectivity index (χ0v) is 19.9. The molecule has 2 aliphatic rings. The van der Waals surface area contributed by atoms with Crippen molar-refractivity contribution in [2.45, 2.75) is 29.9 Å². The van der Waals surface area contributed by atoms with E-state index in [0.717, 1.165) is 0 Å². The van der Waals surface area contributed by atoms with Gasteiger partial charge in [-0.2, -0.15) is 0 Å². The van der Waals surface area contributed by atoms with Gasteiger partial charge in [0.2, 0.25) is 12.2 Å². The first-order chi connectivity index (χ1) is 15.7. The summed E-state index contributed by atoms with van der Waals surface area (Å²) in [6.45, 7) is 1.40. The van der Waals surface area contributed by atoms with Crippen molar-refractivity contribution >= 4 is 52.4 Å². The Kier molecular flexibility index (Phi) is 6.89. The van der Waals surface area contributed by atoms with Crippen LogP contribution in [0.4, 0.5) is 0 Å². The molecule has 0 saturated carbocycles. The summed E-state index contributed by atoms with van der Waals surface area (Å²) in [6.07, 6.45) is 0.619. The number of ether oxygens (including phenoxy) is 3. The Morgan fingerprint density at radius 1 is 1.12 bits per heavy atom. The van der Waals surface area contributed by atoms with Gasteiger partial charge in [-0.1, -0.05) is 23.4 Å². The van der Waals surface area contributed by atoms with Crippen LogP contribution in [0.3, 0.4) is 0 Å². The number of thioether (sulfide) groups is 1. The van der Waals surface area contributed by atoms with E-state index in [-0.39, 0.29) is 34.1 Å². The molecule has 1 amide bonds. The van der Waals surface area contributed by atoms with E-state index >= 15 is 0 Å². The van der Waals surface area contributed by atoms with Crippen molar-refractivity contribution in [1.29, 1.82) is 0 Å². The minimum Gasteiger partial charge on any atom is -0.612 e. The molecule has 0 aromatic heterocycles. The molecule has 8 nitrogen and oxygen atoms in total. The molecule has 3 atom stereocenters. The number of carbonyl (C=O) groups excluding carboxylic acids is 3. The lowest BCUT2D eigenvalue weighted by atomic mass is 10.2. The van der Waals surface area contributed by atoms with E-state index in [9.17, 15) is 18.9 Å². The van der Waals surface area contributed by atoms with Gasteiger partial charge in [-0.15, -0.1) is 0 Å². The van der Waals surface area contributed by atoms with Crippen LogP contribution in [0, 0.1) is 0 Å². The van der Waals surface area contributed by atoms with Gasteiger partial charge < -0.3 is 18.8 Å². The number of fused-ring (bicyclic) bond motifs is 1. The SMILES string of the molecule is C[C@@H](OC(=O)C1=C(Oc2ccc([S+](C)[O-])cc2)S[C@H]2CC(=O)N12)OC(=O)c1ccc(Cl)cc1. The third-order valence-corrected chi connectivity index (χ3v) is 7.10. The van der Waals surface area contributed by atoms with Crippen molar-refractivity contribution in [2.75, 3.05) is 6.26 Å². The Morgan fingerprint density at radius 2 is 1.76 bits per heavy atom. The molecular formula is C22H18ClNO7S2. The first kappa shape index (κ1) is 23.5. The fourth-order valence-corrected chi connectivity index (χ4v) is 5.01. The second-order valence-corrected chi connectivity index (χ2v) is 10.1. The van der Waals surface area contributed by atoms with E-state index in [2.05, 4.69) is 0 Å². The predicted octanol–water partition coefficient (Wildman–Crippen LogP) is 3.68. The zero-order valence-electron chi connectivity index (χ0n) is 17.5. The van der Waals surface area contributed by atoms with Gasteiger partial charge in [0, 0.05) is 11.9 Å². The minimum atomic E-state index is -1.21. The first-order valence-corrected chi connectivity index (χ1v) is 12.6. The molecule has 1 unspecified atom stereocenters. The number of amides is 1. The number of hydrogen-bond acceptors (Lipinski definition) is 8. The number of β-lactam (4-membered cyclic amide) rings is 1. The van der Waals surface area contributed by atoms with Crippen molar-refractivity contribution in [3.05, 3.63) is 69.9 Å². The van der Waals surface area contributed by atoms with Gasteiger partial charge >= 0.3 is 11.9 Å². The van der Waals surface area contributed by atoms with Gasteiger partial charge in [-0.3, -0.25) is 9.69 Å². The number of nitrogens with zero attached hydrogens (tertiary/aromatic N) is 1. The highest BCUT2D eigenvalue weighted by molar-refractivity contribution is 8.03. The molecule has 33 heavy (non-hydrogen) atoms. The smallest absolute Gasteiger partial charge is 0.362 e. The van der Waals surface area contributed by atoms with E-state index in [1.54, 1.807) is 42.7 Å². The molecule has 1 saturated heterocycles. The van der Waals surface area contributed by atoms with Crippen LogP contribution in [0.5, 0.6) is 5.75 Å². The predicted molar refractivity (Wildman–Crippen MR) is 122 cm³/mol. The Balaban J connectivity index is 1.47. The highest BCUT2D eigenvalue weighted by atomic mass is 35.5. The average molecular weight is 508 g/mol. The molecule has 11 heteroatoms. The molecule has 2 aliphatic heterocycles. The summed E-state index contributed by atoms with van der Waals surface area (Å²) in [7, 11) is 0. The van der Waals surface area contributed by atoms with Crippen LogP contribution in [0.2, 0.25) is 5.02 Å². The number of carbonyl (C=O) groups is 3. The van der Waals surface area contributed by atoms with Crippen molar-refractivity contribution in [3.8, 4) is 5.75 Å². The van der Waals surface area contributed by atoms with Crippen molar-refractivity contribution in [2.24, 2.45) is 0 Å². The lowest BCUT2D eigenvalue weighted by molar-refractivity contribution is -0.165. The standard InChI is InChI=1S/C22H18ClNO7S2/c1-12(29-20(26)13-3-5-14(23)6-4-13)30-21(27)19-22(32-18-11-17(25)24(18)19)31-15-7-9-16(10-8-15)33(2)28/h3-10,12,18H,11H2,1-2H3/t12-,18+,33?/m1/s1. The Bertz CT molecular complexity index is 1120. The Hall–Kier alpha value is -2.66. The Morgan fingerprint density at radius 3 is 2.36 bits per heavy atom. The summed E-state index contributed by atoms with van der Waals surface area (Å²) in [5.41, 5.74) is 0.204. The highest BCUT2D eigenvalue weighted by Crippen LogP contribution is 2.47. The first-order valence-electron chi connectivity index (χ1n) is 9.75. The van der Waals surface area contributed by atoms with Crippen LogP contribution >= 0.6 is 23.4 Å². The van der Waals surface area contributed by atoms with Crippen LogP contribution in [-0.4, -0.2) is 45.2 Å². The second kappa shape index (κ2) is 9.68. The molecule has 1 fully saturated rings. The molecule has 2 heterocycles. The Labute approximate surface area is 202 Å². The van der Waals surface area contributed by atoms with E-state index < -0.39 is 29.4 Å². The molecular weight excluding hydrogens is 490 g/mol. The minimum absolute atomic E-state index is 0.0428. The number of benzene rings is 2. The molecule has 0 aliphatic carbocycles. The molecule has 4 rings (SSSR count). The van der Waals surface area contributed by atoms with Gasteiger partial charge in [0.15, 0.2) is 15.7 Å². The summed E-state index contributed by atoms with van der Waals surface area (Å²) in [4.78, 5) is 39.2. The highest BCUT2D eigenvalue weighted by Gasteiger charge is 2.50. The lowest BCUT2D eigenvalue weighted by Gasteiger charge is -2.34. The maximum Gasteiger partial charge on any atom is 0.362 e. The van der Waals surface area contributed by atoms with Crippen LogP contribution in [-0.2, 0) is 30.2 Å². The molecule has 0 radical (unpaired) electrons. The maximum absolute atomic E-state index is 12.9. The van der Waals surface area contributed by atoms with Gasteiger partial charge in [0.05, 0.1) is 17.4 Å². The molecule has 2 aromatic rings. The summed E-state index contributed by atoms with van der Waals surface area (Å²) in [5, 5.41) is 0.414. The molecule has 0 N–H and O–H groups in total. The number of halogens is 1. The fourth-order valence-electron chi connectivity index (χ4n) is 3.12. The molecule has 172 valence electrons. The van der Waals surface area contributed by atoms with Crippen LogP contribution < -0.4 is 4.74 Å². The van der Waals surface area contributed by atoms with Gasteiger partial charge in [0.25, 0.3) is 0 Å². The molecule has 0 bridgehead atoms. The van der Waals surface area contributed by atoms with Crippen LogP contribution in [0.15, 0.2) is 64.2 Å². The normalized spacial score (nSPS) is 18.8. The fraction of sp³-hybridized carbons (Fsp3) is 0.227. The van der Waals surface area contributed by atoms with Gasteiger partial charge in [0.1, 0.15) is 12.0 Å². The summed E-state index contributed by atoms with van der Waals surface area (Å²) in [5.74, 6) is -1.37. The third kappa shape index (κ3) is 5.14. The molecule has 0 spiro atoms. The van der Waals surface area contributed by atoms with E-state index in [4.69, 9.17) is 25.8 Å². The van der Waals surface area contributed by atoms with Crippen LogP contribution in [0.1, 0.15) is 23.7 Å². The van der Waals surface area contributed by atoms with Gasteiger partial charge in [-0.25, -0.2) is 9.59 Å². The van der Waals surface area contributed by atoms with Crippen molar-refractivity contribution in [1.82, 2.24) is 4.90 Å². The van der Waals surface area contributed by atoms with E-state index in [0.29, 0.717) is 15.7 Å². The summed E-state index contributed by atoms with van der Waals surface area (Å²) >= 11 is 5.90. The van der Waals surface area contributed by atoms with Crippen LogP contribution in [0.25, 0.3) is 0 Å². The second-order valence-electron chi connectivity index (χ2n) is 7.09. The topological polar surface area (TPSA) is 105 Å². The van der Waals surface area contributed by atoms with Crippen molar-refractivity contribution in [3.63, 3.8) is 0 Å². The quantitative estimate of drug-likeness (QED) is 0.242. The number of rotatable bonds is 7. The van der Waals surface area contributed by atoms with E-state index in [1.807, 2.05) is 0 Å². The summed E-state index contributed by atoms with van der Waals surface area (Å²) in [6, 6.07) is 12.6. The van der Waals surface area contributed by atoms with Gasteiger partial charge in [-0.05, 0) is 59.7 Å².